The van der Waals surface area contributed by atoms with Gasteiger partial charge in [0.1, 0.15) is 6.61 Å². The summed E-state index contributed by atoms with van der Waals surface area (Å²) in [5.74, 6) is 0. The number of hydrogen-bond donors (Lipinski definition) is 0. The Morgan fingerprint density at radius 3 is 2.79 bits per heavy atom. The Labute approximate surface area is 164 Å². The van der Waals surface area contributed by atoms with Crippen LogP contribution in [-0.4, -0.2) is 36.3 Å². The number of aryl methyl sites for hydroxylation is 1. The maximum atomic E-state index is 12.8. The van der Waals surface area contributed by atoms with E-state index in [1.165, 1.54) is 0 Å². The third kappa shape index (κ3) is 3.51. The van der Waals surface area contributed by atoms with Gasteiger partial charge < -0.3 is 9.47 Å². The van der Waals surface area contributed by atoms with Crippen molar-refractivity contribution in [3.63, 3.8) is 0 Å². The lowest BCUT2D eigenvalue weighted by Gasteiger charge is -2.44. The Balaban J connectivity index is 1.57. The van der Waals surface area contributed by atoms with Gasteiger partial charge in [0.05, 0.1) is 36.9 Å². The minimum Gasteiger partial charge on any atom is -0.445 e. The van der Waals surface area contributed by atoms with Crippen LogP contribution in [0.15, 0.2) is 54.6 Å². The first kappa shape index (κ1) is 18.3. The second-order valence-electron chi connectivity index (χ2n) is 7.21. The van der Waals surface area contributed by atoms with E-state index in [1.54, 1.807) is 4.90 Å². The van der Waals surface area contributed by atoms with Crippen molar-refractivity contribution in [3.05, 3.63) is 76.9 Å². The first-order valence-electron chi connectivity index (χ1n) is 9.45. The maximum absolute atomic E-state index is 12.8. The molecule has 2 aromatic carbocycles. The Kier molecular flexibility index (Phi) is 5.14. The van der Waals surface area contributed by atoms with Gasteiger partial charge in [-0.1, -0.05) is 48.5 Å². The van der Waals surface area contributed by atoms with Gasteiger partial charge in [-0.25, -0.2) is 4.79 Å². The molecule has 2 aliphatic heterocycles. The average molecular weight is 374 g/mol. The second kappa shape index (κ2) is 7.87. The van der Waals surface area contributed by atoms with Crippen molar-refractivity contribution in [3.8, 4) is 6.07 Å². The van der Waals surface area contributed by atoms with Gasteiger partial charge in [0, 0.05) is 0 Å². The molecule has 1 fully saturated rings. The summed E-state index contributed by atoms with van der Waals surface area (Å²) in [7, 11) is 0. The van der Waals surface area contributed by atoms with Crippen molar-refractivity contribution in [2.75, 3.05) is 13.2 Å². The number of hydrogen-bond acceptors (Lipinski definition) is 4. The van der Waals surface area contributed by atoms with E-state index in [9.17, 15) is 10.1 Å². The van der Waals surface area contributed by atoms with Crippen molar-refractivity contribution in [1.29, 1.82) is 5.26 Å². The number of carbonyl (C=O) groups is 1. The maximum Gasteiger partial charge on any atom is 0.411 e. The first-order chi connectivity index (χ1) is 13.7. The molecule has 4 rings (SSSR count). The third-order valence-electron chi connectivity index (χ3n) is 5.33. The monoisotopic (exact) mass is 374 g/mol. The second-order valence-corrected chi connectivity index (χ2v) is 7.21. The van der Waals surface area contributed by atoms with Gasteiger partial charge in [-0.05, 0) is 41.7 Å². The number of carbonyl (C=O) groups excluding carboxylic acids is 1. The fraction of sp³-hybridized carbons (Fsp3) is 0.304. The SMILES string of the molecule is Cc1cccc(C#N)c1C1=CC2COCC(C1)N2C(=O)OCc1ccccc1. The van der Waals surface area contributed by atoms with Gasteiger partial charge in [0.25, 0.3) is 0 Å². The molecule has 0 aromatic heterocycles. The lowest BCUT2D eigenvalue weighted by molar-refractivity contribution is -0.0342. The van der Waals surface area contributed by atoms with E-state index in [2.05, 4.69) is 12.1 Å². The number of amides is 1. The molecule has 2 bridgehead atoms. The fourth-order valence-corrected chi connectivity index (χ4v) is 4.05. The van der Waals surface area contributed by atoms with E-state index in [0.29, 0.717) is 25.2 Å². The highest BCUT2D eigenvalue weighted by Crippen LogP contribution is 2.35. The molecule has 28 heavy (non-hydrogen) atoms. The Bertz CT molecular complexity index is 946. The molecule has 0 spiro atoms. The summed E-state index contributed by atoms with van der Waals surface area (Å²) < 4.78 is 11.3. The average Bonchev–Trinajstić information content (AvgIpc) is 2.71. The van der Waals surface area contributed by atoms with Crippen LogP contribution in [0.25, 0.3) is 5.57 Å². The fourth-order valence-electron chi connectivity index (χ4n) is 4.05. The molecule has 0 aliphatic carbocycles. The highest BCUT2D eigenvalue weighted by atomic mass is 16.6. The minimum absolute atomic E-state index is 0.0897. The van der Waals surface area contributed by atoms with Crippen molar-refractivity contribution < 1.29 is 14.3 Å². The number of fused-ring (bicyclic) bond motifs is 2. The lowest BCUT2D eigenvalue weighted by atomic mass is 9.86. The van der Waals surface area contributed by atoms with E-state index in [-0.39, 0.29) is 24.8 Å². The summed E-state index contributed by atoms with van der Waals surface area (Å²) in [4.78, 5) is 14.6. The summed E-state index contributed by atoms with van der Waals surface area (Å²) in [6.45, 7) is 3.18. The summed E-state index contributed by atoms with van der Waals surface area (Å²) in [5.41, 5.74) is 4.80. The van der Waals surface area contributed by atoms with E-state index < -0.39 is 0 Å². The summed E-state index contributed by atoms with van der Waals surface area (Å²) in [6, 6.07) is 17.4. The summed E-state index contributed by atoms with van der Waals surface area (Å²) in [5, 5.41) is 9.51. The molecule has 1 saturated heterocycles. The Morgan fingerprint density at radius 2 is 2.04 bits per heavy atom. The minimum atomic E-state index is -0.317. The standard InChI is InChI=1S/C23H22N2O3/c1-16-6-5-9-18(12-24)22(16)19-10-20-14-27-15-21(11-19)25(20)23(26)28-13-17-7-3-2-4-8-17/h2-10,20-21H,11,13-15H2,1H3. The zero-order valence-electron chi connectivity index (χ0n) is 15.8. The smallest absolute Gasteiger partial charge is 0.411 e. The number of benzene rings is 2. The van der Waals surface area contributed by atoms with Crippen LogP contribution in [0.3, 0.4) is 0 Å². The molecule has 5 heteroatoms. The number of morpholine rings is 1. The Hall–Kier alpha value is -3.10. The molecule has 2 heterocycles. The molecule has 1 amide bonds. The molecule has 2 aliphatic rings. The van der Waals surface area contributed by atoms with Crippen molar-refractivity contribution in [1.82, 2.24) is 4.90 Å². The summed E-state index contributed by atoms with van der Waals surface area (Å²) >= 11 is 0. The van der Waals surface area contributed by atoms with E-state index in [4.69, 9.17) is 9.47 Å². The van der Waals surface area contributed by atoms with E-state index >= 15 is 0 Å². The molecule has 0 saturated carbocycles. The molecule has 2 aromatic rings. The summed E-state index contributed by atoms with van der Waals surface area (Å²) in [6.07, 6.45) is 2.39. The van der Waals surface area contributed by atoms with Crippen molar-refractivity contribution >= 4 is 11.7 Å². The largest absolute Gasteiger partial charge is 0.445 e. The van der Waals surface area contributed by atoms with Gasteiger partial charge in [0.2, 0.25) is 0 Å². The van der Waals surface area contributed by atoms with Crippen LogP contribution in [0.4, 0.5) is 4.79 Å². The molecule has 2 atom stereocenters. The van der Waals surface area contributed by atoms with Crippen LogP contribution in [0.2, 0.25) is 0 Å². The van der Waals surface area contributed by atoms with Crippen LogP contribution >= 0.6 is 0 Å². The van der Waals surface area contributed by atoms with Crippen LogP contribution in [0.5, 0.6) is 0 Å². The number of nitriles is 1. The van der Waals surface area contributed by atoms with Crippen LogP contribution in [-0.2, 0) is 16.1 Å². The molecule has 2 unspecified atom stereocenters. The number of nitrogens with zero attached hydrogens (tertiary/aromatic N) is 2. The lowest BCUT2D eigenvalue weighted by Crippen LogP contribution is -2.56. The highest BCUT2D eigenvalue weighted by Gasteiger charge is 2.39. The topological polar surface area (TPSA) is 62.6 Å². The predicted octanol–water partition coefficient (Wildman–Crippen LogP) is 4.06. The van der Waals surface area contributed by atoms with Gasteiger partial charge in [0.15, 0.2) is 0 Å². The zero-order valence-corrected chi connectivity index (χ0v) is 15.8. The van der Waals surface area contributed by atoms with Crippen LogP contribution in [0, 0.1) is 18.3 Å². The molecular weight excluding hydrogens is 352 g/mol. The van der Waals surface area contributed by atoms with Crippen molar-refractivity contribution in [2.24, 2.45) is 0 Å². The zero-order chi connectivity index (χ0) is 19.5. The van der Waals surface area contributed by atoms with Gasteiger partial charge in [-0.3, -0.25) is 4.90 Å². The predicted molar refractivity (Wildman–Crippen MR) is 105 cm³/mol. The first-order valence-corrected chi connectivity index (χ1v) is 9.45. The van der Waals surface area contributed by atoms with E-state index in [1.807, 2.05) is 55.5 Å². The molecule has 0 N–H and O–H groups in total. The van der Waals surface area contributed by atoms with Gasteiger partial charge >= 0.3 is 6.09 Å². The number of rotatable bonds is 3. The van der Waals surface area contributed by atoms with Gasteiger partial charge in [-0.2, -0.15) is 5.26 Å². The molecule has 5 nitrogen and oxygen atoms in total. The normalized spacial score (nSPS) is 20.9. The third-order valence-corrected chi connectivity index (χ3v) is 5.33. The van der Waals surface area contributed by atoms with Gasteiger partial charge in [-0.15, -0.1) is 0 Å². The molecule has 142 valence electrons. The highest BCUT2D eigenvalue weighted by molar-refractivity contribution is 5.78. The molecular formula is C23H22N2O3. The molecule has 0 radical (unpaired) electrons. The van der Waals surface area contributed by atoms with Crippen molar-refractivity contribution in [2.45, 2.75) is 32.0 Å². The van der Waals surface area contributed by atoms with Crippen LogP contribution in [0.1, 0.15) is 28.7 Å². The number of ether oxygens (including phenoxy) is 2. The Morgan fingerprint density at radius 1 is 1.21 bits per heavy atom. The quantitative estimate of drug-likeness (QED) is 0.813. The van der Waals surface area contributed by atoms with E-state index in [0.717, 1.165) is 22.3 Å². The van der Waals surface area contributed by atoms with Crippen LogP contribution < -0.4 is 0 Å².